The second-order valence-electron chi connectivity index (χ2n) is 8.26. The number of aliphatic hydroxyl groups excluding tert-OH is 1. The molecule has 0 amide bonds. The smallest absolute Gasteiger partial charge is 0.139 e. The van der Waals surface area contributed by atoms with Crippen LogP contribution in [0.1, 0.15) is 17.2 Å². The predicted octanol–water partition coefficient (Wildman–Crippen LogP) is 1.76. The van der Waals surface area contributed by atoms with Gasteiger partial charge in [-0.1, -0.05) is 72.8 Å². The molecule has 1 atom stereocenters. The fourth-order valence-electron chi connectivity index (χ4n) is 4.51. The Labute approximate surface area is 193 Å². The van der Waals surface area contributed by atoms with Crippen molar-refractivity contribution in [3.63, 3.8) is 0 Å². The molecule has 4 rings (SSSR count). The lowest BCUT2D eigenvalue weighted by atomic mass is 9.96. The molecular weight excluding hydrogens is 452 g/mol. The number of quaternary nitrogens is 2. The van der Waals surface area contributed by atoms with Crippen LogP contribution in [0.5, 0.6) is 5.75 Å². The minimum atomic E-state index is -0.470. The molecule has 0 aliphatic carbocycles. The first kappa shape index (κ1) is 22.0. The molecule has 4 nitrogen and oxygen atoms in total. The molecule has 0 radical (unpaired) electrons. The molecule has 1 fully saturated rings. The number of hydrogen-bond donors (Lipinski definition) is 3. The van der Waals surface area contributed by atoms with Crippen LogP contribution in [0.2, 0.25) is 0 Å². The summed E-state index contributed by atoms with van der Waals surface area (Å²) < 4.78 is 6.72. The topological polar surface area (TPSA) is 38.3 Å². The van der Waals surface area contributed by atoms with E-state index in [2.05, 4.69) is 76.6 Å². The van der Waals surface area contributed by atoms with Crippen molar-refractivity contribution in [3.8, 4) is 5.75 Å². The Balaban J connectivity index is 1.33. The molecule has 1 saturated heterocycles. The summed E-state index contributed by atoms with van der Waals surface area (Å²) in [7, 11) is 0. The molecule has 162 valence electrons. The Morgan fingerprint density at radius 1 is 0.774 bits per heavy atom. The standard InChI is InChI=1S/C26H29BrN2O2/c27-24-13-7-8-14-25(24)31-20-23(30)19-28-15-17-29(18-16-28)26(21-9-3-1-4-10-21)22-11-5-2-6-12-22/h1-14,23,26,30H,15-20H2/p+2/t23-/m1/s1. The van der Waals surface area contributed by atoms with E-state index < -0.39 is 6.10 Å². The number of halogens is 1. The van der Waals surface area contributed by atoms with E-state index in [0.717, 1.165) is 42.9 Å². The number of benzene rings is 3. The fourth-order valence-corrected chi connectivity index (χ4v) is 4.91. The fraction of sp³-hybridized carbons (Fsp3) is 0.308. The Kier molecular flexibility index (Phi) is 7.76. The van der Waals surface area contributed by atoms with Gasteiger partial charge in [0.15, 0.2) is 0 Å². The number of para-hydroxylation sites is 1. The van der Waals surface area contributed by atoms with Crippen LogP contribution in [0.3, 0.4) is 0 Å². The lowest BCUT2D eigenvalue weighted by Gasteiger charge is -2.35. The number of piperazine rings is 1. The summed E-state index contributed by atoms with van der Waals surface area (Å²) in [6.45, 7) is 5.32. The van der Waals surface area contributed by atoms with E-state index in [-0.39, 0.29) is 0 Å². The maximum absolute atomic E-state index is 10.5. The summed E-state index contributed by atoms with van der Waals surface area (Å²) in [4.78, 5) is 3.05. The van der Waals surface area contributed by atoms with Crippen molar-refractivity contribution in [2.24, 2.45) is 0 Å². The van der Waals surface area contributed by atoms with Crippen molar-refractivity contribution in [2.75, 3.05) is 39.3 Å². The number of ether oxygens (including phenoxy) is 1. The molecule has 31 heavy (non-hydrogen) atoms. The van der Waals surface area contributed by atoms with Crippen molar-refractivity contribution < 1.29 is 19.6 Å². The Morgan fingerprint density at radius 3 is 1.90 bits per heavy atom. The molecule has 3 aromatic carbocycles. The zero-order valence-electron chi connectivity index (χ0n) is 17.7. The van der Waals surface area contributed by atoms with Crippen LogP contribution in [-0.4, -0.2) is 50.5 Å². The van der Waals surface area contributed by atoms with E-state index in [4.69, 9.17) is 4.74 Å². The van der Waals surface area contributed by atoms with Crippen molar-refractivity contribution in [1.82, 2.24) is 0 Å². The number of aliphatic hydroxyl groups is 1. The molecule has 0 bridgehead atoms. The van der Waals surface area contributed by atoms with Gasteiger partial charge in [-0.3, -0.25) is 0 Å². The average molecular weight is 483 g/mol. The summed E-state index contributed by atoms with van der Waals surface area (Å²) in [5.41, 5.74) is 2.74. The van der Waals surface area contributed by atoms with Crippen LogP contribution in [0.4, 0.5) is 0 Å². The van der Waals surface area contributed by atoms with Crippen molar-refractivity contribution in [1.29, 1.82) is 0 Å². The van der Waals surface area contributed by atoms with Gasteiger partial charge in [-0.15, -0.1) is 0 Å². The third-order valence-electron chi connectivity index (χ3n) is 6.07. The summed E-state index contributed by atoms with van der Waals surface area (Å²) in [6, 6.07) is 29.8. The van der Waals surface area contributed by atoms with Crippen molar-refractivity contribution in [3.05, 3.63) is 101 Å². The molecule has 0 aromatic heterocycles. The Morgan fingerprint density at radius 2 is 1.32 bits per heavy atom. The van der Waals surface area contributed by atoms with E-state index in [1.165, 1.54) is 16.0 Å². The molecule has 1 heterocycles. The minimum Gasteiger partial charge on any atom is -0.489 e. The monoisotopic (exact) mass is 482 g/mol. The molecule has 3 N–H and O–H groups in total. The van der Waals surface area contributed by atoms with Gasteiger partial charge >= 0.3 is 0 Å². The lowest BCUT2D eigenvalue weighted by Crippen LogP contribution is -3.28. The lowest BCUT2D eigenvalue weighted by molar-refractivity contribution is -1.02. The highest BCUT2D eigenvalue weighted by Gasteiger charge is 2.32. The van der Waals surface area contributed by atoms with E-state index >= 15 is 0 Å². The summed E-state index contributed by atoms with van der Waals surface area (Å²) in [5.74, 6) is 0.777. The summed E-state index contributed by atoms with van der Waals surface area (Å²) in [5, 5.41) is 10.5. The quantitative estimate of drug-likeness (QED) is 0.457. The SMILES string of the molecule is O[C@@H](COc1ccccc1Br)C[NH+]1CC[NH+](C(c2ccccc2)c2ccccc2)CC1. The molecule has 1 aliphatic rings. The van der Waals surface area contributed by atoms with E-state index in [1.54, 1.807) is 4.90 Å². The van der Waals surface area contributed by atoms with Crippen molar-refractivity contribution >= 4 is 15.9 Å². The van der Waals surface area contributed by atoms with Gasteiger partial charge in [0.2, 0.25) is 0 Å². The normalized spacial score (nSPS) is 19.8. The zero-order chi connectivity index (χ0) is 21.5. The second kappa shape index (κ2) is 10.9. The van der Waals surface area contributed by atoms with Crippen LogP contribution in [0.25, 0.3) is 0 Å². The van der Waals surface area contributed by atoms with Crippen LogP contribution in [0.15, 0.2) is 89.4 Å². The minimum absolute atomic E-state index is 0.319. The van der Waals surface area contributed by atoms with Crippen LogP contribution >= 0.6 is 15.9 Å². The summed E-state index contributed by atoms with van der Waals surface area (Å²) in [6.07, 6.45) is -0.470. The molecular formula is C26H31BrN2O2+2. The van der Waals surface area contributed by atoms with Gasteiger partial charge in [0, 0.05) is 11.1 Å². The molecule has 5 heteroatoms. The highest BCUT2D eigenvalue weighted by atomic mass is 79.9. The summed E-state index contributed by atoms with van der Waals surface area (Å²) >= 11 is 3.49. The molecule has 0 unspecified atom stereocenters. The highest BCUT2D eigenvalue weighted by Crippen LogP contribution is 2.23. The molecule has 3 aromatic rings. The predicted molar refractivity (Wildman–Crippen MR) is 127 cm³/mol. The largest absolute Gasteiger partial charge is 0.489 e. The third kappa shape index (κ3) is 5.95. The molecule has 1 aliphatic heterocycles. The van der Waals surface area contributed by atoms with Crippen LogP contribution in [-0.2, 0) is 0 Å². The van der Waals surface area contributed by atoms with Gasteiger partial charge in [0.05, 0.1) is 4.47 Å². The molecule has 0 spiro atoms. The van der Waals surface area contributed by atoms with Gasteiger partial charge in [0.1, 0.15) is 57.2 Å². The first-order valence-corrected chi connectivity index (χ1v) is 11.8. The highest BCUT2D eigenvalue weighted by molar-refractivity contribution is 9.10. The van der Waals surface area contributed by atoms with Gasteiger partial charge in [-0.2, -0.15) is 0 Å². The van der Waals surface area contributed by atoms with Gasteiger partial charge in [-0.25, -0.2) is 0 Å². The van der Waals surface area contributed by atoms with Gasteiger partial charge < -0.3 is 19.6 Å². The van der Waals surface area contributed by atoms with E-state index in [0.29, 0.717) is 12.6 Å². The first-order chi connectivity index (χ1) is 15.2. The average Bonchev–Trinajstić information content (AvgIpc) is 2.81. The van der Waals surface area contributed by atoms with Gasteiger partial charge in [0.25, 0.3) is 0 Å². The van der Waals surface area contributed by atoms with Crippen LogP contribution in [0, 0.1) is 0 Å². The van der Waals surface area contributed by atoms with E-state index in [9.17, 15) is 5.11 Å². The van der Waals surface area contributed by atoms with Crippen molar-refractivity contribution in [2.45, 2.75) is 12.1 Å². The Hall–Kier alpha value is -2.18. The molecule has 0 saturated carbocycles. The van der Waals surface area contributed by atoms with E-state index in [1.807, 2.05) is 24.3 Å². The number of hydrogen-bond acceptors (Lipinski definition) is 2. The Bertz CT molecular complexity index is 891. The van der Waals surface area contributed by atoms with Crippen LogP contribution < -0.4 is 14.5 Å². The number of rotatable bonds is 8. The zero-order valence-corrected chi connectivity index (χ0v) is 19.3. The maximum Gasteiger partial charge on any atom is 0.139 e. The number of nitrogens with one attached hydrogen (secondary N) is 2. The maximum atomic E-state index is 10.5. The van der Waals surface area contributed by atoms with Gasteiger partial charge in [-0.05, 0) is 28.1 Å². The first-order valence-electron chi connectivity index (χ1n) is 11.0. The third-order valence-corrected chi connectivity index (χ3v) is 6.72. The second-order valence-corrected chi connectivity index (χ2v) is 9.12.